The molecule has 13 heteroatoms. The van der Waals surface area contributed by atoms with Gasteiger partial charge in [-0.2, -0.15) is 0 Å². The number of carbonyl (C=O) groups is 3. The van der Waals surface area contributed by atoms with Gasteiger partial charge in [-0.1, -0.05) is 5.11 Å². The number of esters is 3. The van der Waals surface area contributed by atoms with Crippen LogP contribution in [-0.2, 0) is 33.3 Å². The van der Waals surface area contributed by atoms with Crippen molar-refractivity contribution in [2.75, 3.05) is 6.61 Å². The van der Waals surface area contributed by atoms with Crippen LogP contribution < -0.4 is 0 Å². The lowest BCUT2D eigenvalue weighted by molar-refractivity contribution is -0.552. The van der Waals surface area contributed by atoms with Crippen LogP contribution in [0.2, 0.25) is 0 Å². The Labute approximate surface area is 140 Å². The minimum atomic E-state index is -1.78. The van der Waals surface area contributed by atoms with Crippen molar-refractivity contribution in [3.8, 4) is 0 Å². The van der Waals surface area contributed by atoms with Crippen LogP contribution in [0.15, 0.2) is 5.11 Å². The molecule has 0 aromatic rings. The van der Waals surface area contributed by atoms with Gasteiger partial charge in [-0.15, -0.1) is 0 Å². The van der Waals surface area contributed by atoms with Crippen LogP contribution in [0.4, 0.5) is 0 Å². The van der Waals surface area contributed by atoms with Crippen molar-refractivity contribution < 1.29 is 38.3 Å². The van der Waals surface area contributed by atoms with Crippen molar-refractivity contribution in [3.05, 3.63) is 20.6 Å². The van der Waals surface area contributed by atoms with Crippen LogP contribution >= 0.6 is 0 Å². The first kappa shape index (κ1) is 20.1. The van der Waals surface area contributed by atoms with Crippen molar-refractivity contribution in [2.24, 2.45) is 5.11 Å². The fraction of sp³-hybridized carbons (Fsp3) is 0.750. The quantitative estimate of drug-likeness (QED) is 0.121. The van der Waals surface area contributed by atoms with Gasteiger partial charge in [0, 0.05) is 30.6 Å². The summed E-state index contributed by atoms with van der Waals surface area (Å²) in [5.41, 5.74) is 8.64. The Balaban J connectivity index is 3.27. The number of ether oxygens (including phenoxy) is 4. The van der Waals surface area contributed by atoms with Gasteiger partial charge in [0.1, 0.15) is 12.7 Å². The van der Waals surface area contributed by atoms with Gasteiger partial charge in [-0.05, 0) is 5.53 Å². The van der Waals surface area contributed by atoms with E-state index in [0.29, 0.717) is 0 Å². The average molecular weight is 360 g/mol. The molecule has 0 bridgehead atoms. The lowest BCUT2D eigenvalue weighted by Crippen LogP contribution is -2.62. The number of hydrogen-bond donors (Lipinski definition) is 0. The van der Waals surface area contributed by atoms with Crippen LogP contribution in [0.5, 0.6) is 0 Å². The summed E-state index contributed by atoms with van der Waals surface area (Å²) in [7, 11) is 0. The van der Waals surface area contributed by atoms with Gasteiger partial charge >= 0.3 is 17.9 Å². The molecule has 0 spiro atoms. The van der Waals surface area contributed by atoms with Crippen molar-refractivity contribution in [1.29, 1.82) is 0 Å². The molecule has 1 aliphatic rings. The van der Waals surface area contributed by atoms with Crippen LogP contribution in [0.3, 0.4) is 0 Å². The van der Waals surface area contributed by atoms with E-state index in [-0.39, 0.29) is 0 Å². The molecule has 1 fully saturated rings. The summed E-state index contributed by atoms with van der Waals surface area (Å²) in [5, 5.41) is 14.7. The fourth-order valence-corrected chi connectivity index (χ4v) is 2.26. The molecule has 5 atom stereocenters. The molecule has 0 radical (unpaired) electrons. The molecule has 1 aliphatic heterocycles. The molecule has 1 heterocycles. The minimum Gasteiger partial charge on any atom is -0.463 e. The Bertz CT molecular complexity index is 603. The van der Waals surface area contributed by atoms with Gasteiger partial charge in [0.05, 0.1) is 0 Å². The summed E-state index contributed by atoms with van der Waals surface area (Å²) in [6.07, 6.45) is -4.46. The molecular weight excluding hydrogens is 344 g/mol. The van der Waals surface area contributed by atoms with E-state index in [1.54, 1.807) is 0 Å². The van der Waals surface area contributed by atoms with Gasteiger partial charge < -0.3 is 18.9 Å². The Morgan fingerprint density at radius 1 is 1.20 bits per heavy atom. The zero-order valence-corrected chi connectivity index (χ0v) is 13.6. The highest BCUT2D eigenvalue weighted by atomic mass is 16.7. The molecule has 0 N–H and O–H groups in total. The Morgan fingerprint density at radius 3 is 2.24 bits per heavy atom. The van der Waals surface area contributed by atoms with Gasteiger partial charge in [0.25, 0.3) is 6.04 Å². The predicted molar refractivity (Wildman–Crippen MR) is 76.3 cm³/mol. The highest BCUT2D eigenvalue weighted by Crippen LogP contribution is 2.29. The summed E-state index contributed by atoms with van der Waals surface area (Å²) < 4.78 is 19.8. The van der Waals surface area contributed by atoms with Crippen molar-refractivity contribution in [3.63, 3.8) is 0 Å². The van der Waals surface area contributed by atoms with Gasteiger partial charge in [0.15, 0.2) is 12.1 Å². The largest absolute Gasteiger partial charge is 0.463 e. The van der Waals surface area contributed by atoms with E-state index in [9.17, 15) is 24.5 Å². The normalized spacial score (nSPS) is 28.2. The molecule has 1 rings (SSSR count). The van der Waals surface area contributed by atoms with Crippen LogP contribution in [-0.4, -0.2) is 60.0 Å². The van der Waals surface area contributed by atoms with E-state index < -0.39 is 60.0 Å². The van der Waals surface area contributed by atoms with Crippen LogP contribution in [0.25, 0.3) is 10.4 Å². The van der Waals surface area contributed by atoms with E-state index >= 15 is 0 Å². The standard InChI is InChI=1S/C12H16N4O9/c1-5(17)22-4-8-11(23-6(2)18)10(16(20)21)9(14-15-13)12(25-8)24-7(3)19/h8-12H,4H2,1-3H3/t8-,9-,10-,11-,12+/m1/s1. The first-order valence-corrected chi connectivity index (χ1v) is 6.98. The third kappa shape index (κ3) is 5.58. The van der Waals surface area contributed by atoms with Crippen molar-refractivity contribution in [2.45, 2.75) is 51.4 Å². The topological polar surface area (TPSA) is 180 Å². The third-order valence-electron chi connectivity index (χ3n) is 3.10. The zero-order valence-electron chi connectivity index (χ0n) is 13.6. The van der Waals surface area contributed by atoms with Crippen LogP contribution in [0.1, 0.15) is 20.8 Å². The lowest BCUT2D eigenvalue weighted by atomic mass is 9.95. The molecule has 0 aromatic carbocycles. The fourth-order valence-electron chi connectivity index (χ4n) is 2.26. The monoisotopic (exact) mass is 360 g/mol. The van der Waals surface area contributed by atoms with Crippen LogP contribution in [0, 0.1) is 10.1 Å². The maximum atomic E-state index is 11.5. The predicted octanol–water partition coefficient (Wildman–Crippen LogP) is 0.0934. The molecule has 0 aliphatic carbocycles. The number of nitro groups is 1. The summed E-state index contributed by atoms with van der Waals surface area (Å²) in [5.74, 6) is -2.41. The highest BCUT2D eigenvalue weighted by Gasteiger charge is 2.56. The number of nitrogens with zero attached hydrogens (tertiary/aromatic N) is 4. The first-order chi connectivity index (χ1) is 11.7. The van der Waals surface area contributed by atoms with E-state index in [0.717, 1.165) is 20.8 Å². The van der Waals surface area contributed by atoms with E-state index in [1.807, 2.05) is 0 Å². The lowest BCUT2D eigenvalue weighted by Gasteiger charge is -2.39. The number of carbonyl (C=O) groups excluding carboxylic acids is 3. The first-order valence-electron chi connectivity index (χ1n) is 6.98. The Morgan fingerprint density at radius 2 is 1.80 bits per heavy atom. The molecule has 0 aromatic heterocycles. The number of rotatable bonds is 6. The van der Waals surface area contributed by atoms with E-state index in [1.165, 1.54) is 0 Å². The van der Waals surface area contributed by atoms with Crippen molar-refractivity contribution >= 4 is 17.9 Å². The number of azide groups is 1. The summed E-state index contributed by atoms with van der Waals surface area (Å²) in [6.45, 7) is 2.64. The molecule has 0 unspecified atom stereocenters. The third-order valence-corrected chi connectivity index (χ3v) is 3.10. The smallest absolute Gasteiger partial charge is 0.304 e. The molecule has 0 saturated carbocycles. The second-order valence-electron chi connectivity index (χ2n) is 5.00. The Kier molecular flexibility index (Phi) is 7.08. The molecule has 0 amide bonds. The second-order valence-corrected chi connectivity index (χ2v) is 5.00. The maximum absolute atomic E-state index is 11.5. The number of hydrogen-bond acceptors (Lipinski definition) is 10. The van der Waals surface area contributed by atoms with Gasteiger partial charge in [-0.25, -0.2) is 0 Å². The average Bonchev–Trinajstić information content (AvgIpc) is 2.46. The van der Waals surface area contributed by atoms with E-state index in [2.05, 4.69) is 10.0 Å². The maximum Gasteiger partial charge on any atom is 0.304 e. The molecule has 13 nitrogen and oxygen atoms in total. The van der Waals surface area contributed by atoms with Crippen molar-refractivity contribution in [1.82, 2.24) is 0 Å². The molecule has 138 valence electrons. The summed E-state index contributed by atoms with van der Waals surface area (Å²) in [4.78, 5) is 46.6. The molecule has 25 heavy (non-hydrogen) atoms. The summed E-state index contributed by atoms with van der Waals surface area (Å²) in [6, 6.07) is -3.37. The van der Waals surface area contributed by atoms with E-state index in [4.69, 9.17) is 24.5 Å². The minimum absolute atomic E-state index is 0.502. The van der Waals surface area contributed by atoms with Gasteiger partial charge in [0.2, 0.25) is 6.29 Å². The second kappa shape index (κ2) is 8.80. The van der Waals surface area contributed by atoms with Gasteiger partial charge in [-0.3, -0.25) is 24.5 Å². The SMILES string of the molecule is CC(=O)OC[C@H]1O[C@H](OC(C)=O)[C@H](N=[N+]=[N-])[C@@H]([N+](=O)[O-])[C@@H]1OC(C)=O. The molecular formula is C12H16N4O9. The highest BCUT2D eigenvalue weighted by molar-refractivity contribution is 5.67. The Hall–Kier alpha value is -2.92. The zero-order chi connectivity index (χ0) is 19.1. The molecule has 1 saturated heterocycles. The summed E-state index contributed by atoms with van der Waals surface area (Å²) >= 11 is 0.